The van der Waals surface area contributed by atoms with E-state index >= 15 is 0 Å². The van der Waals surface area contributed by atoms with Gasteiger partial charge in [-0.25, -0.2) is 9.97 Å². The minimum atomic E-state index is 0.0743. The molecule has 5 rings (SSSR count). The van der Waals surface area contributed by atoms with Gasteiger partial charge in [-0.1, -0.05) is 35.3 Å². The van der Waals surface area contributed by atoms with Crippen molar-refractivity contribution >= 4 is 34.7 Å². The van der Waals surface area contributed by atoms with Crippen LogP contribution in [0.25, 0.3) is 16.9 Å². The highest BCUT2D eigenvalue weighted by molar-refractivity contribution is 6.43. The first-order chi connectivity index (χ1) is 14.4. The fourth-order valence-electron chi connectivity index (χ4n) is 4.95. The van der Waals surface area contributed by atoms with Gasteiger partial charge in [0.05, 0.1) is 34.1 Å². The molecule has 2 atom stereocenters. The standard InChI is InChI=1S/C22H25Cl2N5O/c1-13-18(15-4-3-5-16(23)17(15)24)29-11-8-26-20(29)21(27-13)28-9-6-22(7-10-28)12-30-14(2)19(22)25/h3-5,8,11,14,19H,6-7,9-10,12,25H2,1-2H3/t14-,19+/m0/s1. The monoisotopic (exact) mass is 445 g/mol. The first kappa shape index (κ1) is 20.1. The van der Waals surface area contributed by atoms with Crippen LogP contribution in [0.5, 0.6) is 0 Å². The number of hydrogen-bond donors (Lipinski definition) is 1. The van der Waals surface area contributed by atoms with Crippen LogP contribution in [0, 0.1) is 12.3 Å². The Morgan fingerprint density at radius 1 is 1.23 bits per heavy atom. The van der Waals surface area contributed by atoms with Gasteiger partial charge in [-0.3, -0.25) is 4.40 Å². The summed E-state index contributed by atoms with van der Waals surface area (Å²) in [6, 6.07) is 5.74. The summed E-state index contributed by atoms with van der Waals surface area (Å²) in [5.74, 6) is 0.898. The maximum Gasteiger partial charge on any atom is 0.180 e. The van der Waals surface area contributed by atoms with Crippen LogP contribution < -0.4 is 10.6 Å². The summed E-state index contributed by atoms with van der Waals surface area (Å²) in [5.41, 5.74) is 10.0. The van der Waals surface area contributed by atoms with Crippen LogP contribution in [0.2, 0.25) is 10.0 Å². The summed E-state index contributed by atoms with van der Waals surface area (Å²) >= 11 is 12.8. The number of halogens is 2. The van der Waals surface area contributed by atoms with Gasteiger partial charge < -0.3 is 15.4 Å². The predicted octanol–water partition coefficient (Wildman–Crippen LogP) is 4.34. The molecule has 2 aliphatic rings. The van der Waals surface area contributed by atoms with Crippen LogP contribution in [-0.4, -0.2) is 46.2 Å². The summed E-state index contributed by atoms with van der Waals surface area (Å²) in [5, 5.41) is 1.05. The lowest BCUT2D eigenvalue weighted by molar-refractivity contribution is 0.0974. The minimum absolute atomic E-state index is 0.0743. The van der Waals surface area contributed by atoms with Crippen LogP contribution in [-0.2, 0) is 4.74 Å². The number of nitrogens with zero attached hydrogens (tertiary/aromatic N) is 4. The third-order valence-electron chi connectivity index (χ3n) is 6.81. The summed E-state index contributed by atoms with van der Waals surface area (Å²) in [6.07, 6.45) is 5.86. The molecule has 0 aliphatic carbocycles. The first-order valence-corrected chi connectivity index (χ1v) is 11.1. The fourth-order valence-corrected chi connectivity index (χ4v) is 5.34. The second-order valence-corrected chi connectivity index (χ2v) is 9.27. The Balaban J connectivity index is 1.52. The van der Waals surface area contributed by atoms with Crippen molar-refractivity contribution in [3.63, 3.8) is 0 Å². The molecule has 0 unspecified atom stereocenters. The maximum absolute atomic E-state index is 6.52. The molecular formula is C22H25Cl2N5O. The Morgan fingerprint density at radius 2 is 2.00 bits per heavy atom. The second-order valence-electron chi connectivity index (χ2n) is 8.48. The van der Waals surface area contributed by atoms with E-state index in [2.05, 4.69) is 21.2 Å². The summed E-state index contributed by atoms with van der Waals surface area (Å²) in [6.45, 7) is 6.60. The number of aromatic nitrogens is 3. The number of benzene rings is 1. The van der Waals surface area contributed by atoms with Crippen molar-refractivity contribution < 1.29 is 4.74 Å². The van der Waals surface area contributed by atoms with Gasteiger partial charge in [0, 0.05) is 42.5 Å². The van der Waals surface area contributed by atoms with Crippen molar-refractivity contribution in [3.05, 3.63) is 46.3 Å². The molecule has 0 bridgehead atoms. The van der Waals surface area contributed by atoms with Gasteiger partial charge in [-0.05, 0) is 32.8 Å². The van der Waals surface area contributed by atoms with Gasteiger partial charge in [0.2, 0.25) is 0 Å². The Kier molecular flexibility index (Phi) is 4.93. The highest BCUT2D eigenvalue weighted by Crippen LogP contribution is 2.43. The molecule has 0 saturated carbocycles. The predicted molar refractivity (Wildman–Crippen MR) is 120 cm³/mol. The number of fused-ring (bicyclic) bond motifs is 1. The lowest BCUT2D eigenvalue weighted by Gasteiger charge is -2.41. The number of rotatable bonds is 2. The summed E-state index contributed by atoms with van der Waals surface area (Å²) in [7, 11) is 0. The fraction of sp³-hybridized carbons (Fsp3) is 0.455. The molecule has 0 amide bonds. The van der Waals surface area contributed by atoms with Crippen molar-refractivity contribution in [1.82, 2.24) is 14.4 Å². The van der Waals surface area contributed by atoms with E-state index in [1.165, 1.54) is 0 Å². The van der Waals surface area contributed by atoms with Gasteiger partial charge in [0.25, 0.3) is 0 Å². The van der Waals surface area contributed by atoms with E-state index in [0.29, 0.717) is 10.0 Å². The molecule has 2 aromatic heterocycles. The third kappa shape index (κ3) is 3.01. The number of ether oxygens (including phenoxy) is 1. The van der Waals surface area contributed by atoms with Crippen LogP contribution in [0.3, 0.4) is 0 Å². The van der Waals surface area contributed by atoms with Crippen molar-refractivity contribution in [2.24, 2.45) is 11.1 Å². The van der Waals surface area contributed by atoms with E-state index in [1.807, 2.05) is 25.3 Å². The quantitative estimate of drug-likeness (QED) is 0.634. The molecule has 2 fully saturated rings. The Labute approximate surface area is 186 Å². The number of imidazole rings is 1. The van der Waals surface area contributed by atoms with Crippen LogP contribution in [0.4, 0.5) is 5.82 Å². The number of nitrogens with two attached hydrogens (primary N) is 1. The average molecular weight is 446 g/mol. The van der Waals surface area contributed by atoms with Gasteiger partial charge in [-0.2, -0.15) is 0 Å². The van der Waals surface area contributed by atoms with Gasteiger partial charge in [-0.15, -0.1) is 0 Å². The zero-order valence-electron chi connectivity index (χ0n) is 17.1. The molecule has 0 radical (unpaired) electrons. The van der Waals surface area contributed by atoms with Crippen molar-refractivity contribution in [3.8, 4) is 11.3 Å². The molecule has 2 aliphatic heterocycles. The Morgan fingerprint density at radius 3 is 2.70 bits per heavy atom. The van der Waals surface area contributed by atoms with E-state index in [4.69, 9.17) is 38.7 Å². The smallest absolute Gasteiger partial charge is 0.180 e. The topological polar surface area (TPSA) is 68.7 Å². The molecule has 8 heteroatoms. The van der Waals surface area contributed by atoms with Crippen molar-refractivity contribution in [2.75, 3.05) is 24.6 Å². The largest absolute Gasteiger partial charge is 0.376 e. The first-order valence-electron chi connectivity index (χ1n) is 10.3. The van der Waals surface area contributed by atoms with Gasteiger partial charge in [0.1, 0.15) is 0 Å². The van der Waals surface area contributed by atoms with E-state index in [0.717, 1.165) is 61.0 Å². The molecule has 2 N–H and O–H groups in total. The van der Waals surface area contributed by atoms with Crippen molar-refractivity contribution in [2.45, 2.75) is 38.8 Å². The van der Waals surface area contributed by atoms with Crippen LogP contribution in [0.1, 0.15) is 25.5 Å². The van der Waals surface area contributed by atoms with Crippen LogP contribution in [0.15, 0.2) is 30.6 Å². The summed E-state index contributed by atoms with van der Waals surface area (Å²) < 4.78 is 7.92. The SMILES string of the molecule is Cc1nc(N2CCC3(CC2)CO[C@@H](C)[C@H]3N)c2nccn2c1-c1cccc(Cl)c1Cl. The molecule has 3 aromatic rings. The highest BCUT2D eigenvalue weighted by atomic mass is 35.5. The highest BCUT2D eigenvalue weighted by Gasteiger charge is 2.47. The lowest BCUT2D eigenvalue weighted by Crippen LogP contribution is -2.50. The number of aryl methyl sites for hydroxylation is 1. The molecule has 2 saturated heterocycles. The van der Waals surface area contributed by atoms with E-state index in [-0.39, 0.29) is 17.6 Å². The molecule has 30 heavy (non-hydrogen) atoms. The third-order valence-corrected chi connectivity index (χ3v) is 7.63. The number of anilines is 1. The average Bonchev–Trinajstić information content (AvgIpc) is 3.32. The zero-order valence-corrected chi connectivity index (χ0v) is 18.6. The zero-order chi connectivity index (χ0) is 21.0. The van der Waals surface area contributed by atoms with Gasteiger partial charge >= 0.3 is 0 Å². The van der Waals surface area contributed by atoms with E-state index < -0.39 is 0 Å². The molecule has 1 aromatic carbocycles. The molecule has 6 nitrogen and oxygen atoms in total. The number of hydrogen-bond acceptors (Lipinski definition) is 5. The summed E-state index contributed by atoms with van der Waals surface area (Å²) in [4.78, 5) is 11.9. The molecule has 158 valence electrons. The Hall–Kier alpha value is -1.86. The number of piperidine rings is 1. The molecule has 4 heterocycles. The van der Waals surface area contributed by atoms with E-state index in [1.54, 1.807) is 12.3 Å². The minimum Gasteiger partial charge on any atom is -0.376 e. The lowest BCUT2D eigenvalue weighted by atomic mass is 9.73. The van der Waals surface area contributed by atoms with E-state index in [9.17, 15) is 0 Å². The second kappa shape index (κ2) is 7.38. The van der Waals surface area contributed by atoms with Gasteiger partial charge in [0.15, 0.2) is 11.5 Å². The maximum atomic E-state index is 6.52. The normalized spacial score (nSPS) is 23.6. The Bertz CT molecular complexity index is 1110. The molecule has 1 spiro atoms. The van der Waals surface area contributed by atoms with Crippen molar-refractivity contribution in [1.29, 1.82) is 0 Å². The van der Waals surface area contributed by atoms with Crippen LogP contribution >= 0.6 is 23.2 Å². The molecular weight excluding hydrogens is 421 g/mol.